The first-order chi connectivity index (χ1) is 9.13. The summed E-state index contributed by atoms with van der Waals surface area (Å²) in [5.41, 5.74) is 7.49. The molecule has 2 aromatic rings. The zero-order valence-electron chi connectivity index (χ0n) is 10.1. The Kier molecular flexibility index (Phi) is 2.96. The zero-order chi connectivity index (χ0) is 13.4. The van der Waals surface area contributed by atoms with Gasteiger partial charge in [0.25, 0.3) is 0 Å². The first-order valence-corrected chi connectivity index (χ1v) is 6.82. The molecule has 1 aromatic heterocycles. The second-order valence-corrected chi connectivity index (χ2v) is 5.37. The maximum atomic E-state index is 11.8. The van der Waals surface area contributed by atoms with Crippen molar-refractivity contribution in [2.75, 3.05) is 11.4 Å². The van der Waals surface area contributed by atoms with Gasteiger partial charge in [0.2, 0.25) is 5.91 Å². The Morgan fingerprint density at radius 3 is 2.74 bits per heavy atom. The lowest BCUT2D eigenvalue weighted by molar-refractivity contribution is -0.117. The van der Waals surface area contributed by atoms with Gasteiger partial charge < -0.3 is 10.8 Å². The number of phenols is 1. The third kappa shape index (κ3) is 2.32. The second kappa shape index (κ2) is 4.64. The Balaban J connectivity index is 1.87. The van der Waals surface area contributed by atoms with Gasteiger partial charge in [-0.15, -0.1) is 11.3 Å². The Bertz CT molecular complexity index is 609. The van der Waals surface area contributed by atoms with Crippen molar-refractivity contribution in [3.63, 3.8) is 0 Å². The molecule has 1 aliphatic rings. The van der Waals surface area contributed by atoms with E-state index in [4.69, 9.17) is 5.73 Å². The van der Waals surface area contributed by atoms with Crippen LogP contribution in [0.25, 0.3) is 11.3 Å². The molecule has 1 atom stereocenters. The van der Waals surface area contributed by atoms with Crippen molar-refractivity contribution < 1.29 is 9.90 Å². The summed E-state index contributed by atoms with van der Waals surface area (Å²) in [6, 6.07) is 6.72. The fourth-order valence-electron chi connectivity index (χ4n) is 2.07. The zero-order valence-corrected chi connectivity index (χ0v) is 10.9. The highest BCUT2D eigenvalue weighted by Gasteiger charge is 2.29. The highest BCUT2D eigenvalue weighted by molar-refractivity contribution is 7.14. The highest BCUT2D eigenvalue weighted by Crippen LogP contribution is 2.30. The van der Waals surface area contributed by atoms with E-state index >= 15 is 0 Å². The quantitative estimate of drug-likeness (QED) is 0.872. The lowest BCUT2D eigenvalue weighted by Gasteiger charge is -2.11. The number of nitrogens with zero attached hydrogens (tertiary/aromatic N) is 2. The maximum absolute atomic E-state index is 11.8. The molecular weight excluding hydrogens is 262 g/mol. The number of thiazole rings is 1. The van der Waals surface area contributed by atoms with Gasteiger partial charge in [0, 0.05) is 30.0 Å². The molecule has 1 amide bonds. The van der Waals surface area contributed by atoms with E-state index in [2.05, 4.69) is 4.98 Å². The van der Waals surface area contributed by atoms with Gasteiger partial charge >= 0.3 is 0 Å². The molecule has 98 valence electrons. The van der Waals surface area contributed by atoms with Gasteiger partial charge in [-0.05, 0) is 24.3 Å². The number of amides is 1. The number of hydrogen-bond donors (Lipinski definition) is 2. The Morgan fingerprint density at radius 1 is 1.37 bits per heavy atom. The molecule has 5 nitrogen and oxygen atoms in total. The number of rotatable bonds is 2. The third-order valence-electron chi connectivity index (χ3n) is 3.04. The van der Waals surface area contributed by atoms with Crippen LogP contribution in [0, 0.1) is 0 Å². The number of carbonyl (C=O) groups excluding carboxylic acids is 1. The Labute approximate surface area is 114 Å². The molecule has 1 saturated heterocycles. The predicted molar refractivity (Wildman–Crippen MR) is 74.2 cm³/mol. The number of aromatic hydroxyl groups is 1. The van der Waals surface area contributed by atoms with Gasteiger partial charge in [-0.1, -0.05) is 0 Å². The number of nitrogens with two attached hydrogens (primary N) is 1. The molecule has 0 radical (unpaired) electrons. The van der Waals surface area contributed by atoms with Crippen LogP contribution in [0.4, 0.5) is 5.13 Å². The maximum Gasteiger partial charge on any atom is 0.230 e. The summed E-state index contributed by atoms with van der Waals surface area (Å²) in [7, 11) is 0. The monoisotopic (exact) mass is 275 g/mol. The predicted octanol–water partition coefficient (Wildman–Crippen LogP) is 1.58. The molecule has 0 aliphatic carbocycles. The van der Waals surface area contributed by atoms with Crippen molar-refractivity contribution in [1.82, 2.24) is 4.98 Å². The molecule has 0 saturated carbocycles. The molecule has 0 bridgehead atoms. The van der Waals surface area contributed by atoms with E-state index < -0.39 is 0 Å². The Morgan fingerprint density at radius 2 is 2.11 bits per heavy atom. The molecule has 2 heterocycles. The number of benzene rings is 1. The van der Waals surface area contributed by atoms with Gasteiger partial charge in [0.1, 0.15) is 5.75 Å². The fourth-order valence-corrected chi connectivity index (χ4v) is 2.93. The summed E-state index contributed by atoms with van der Waals surface area (Å²) in [4.78, 5) is 17.9. The Hall–Kier alpha value is -1.92. The fraction of sp³-hybridized carbons (Fsp3) is 0.231. The van der Waals surface area contributed by atoms with Crippen LogP contribution in [-0.2, 0) is 4.79 Å². The van der Waals surface area contributed by atoms with Crippen LogP contribution in [0.2, 0.25) is 0 Å². The average Bonchev–Trinajstić information content (AvgIpc) is 2.97. The average molecular weight is 275 g/mol. The van der Waals surface area contributed by atoms with Crippen LogP contribution in [0.5, 0.6) is 5.75 Å². The van der Waals surface area contributed by atoms with Gasteiger partial charge in [-0.25, -0.2) is 4.98 Å². The summed E-state index contributed by atoms with van der Waals surface area (Å²) in [5.74, 6) is 0.249. The number of phenolic OH excluding ortho intramolecular Hbond substituents is 1. The van der Waals surface area contributed by atoms with Gasteiger partial charge in [0.05, 0.1) is 5.69 Å². The summed E-state index contributed by atoms with van der Waals surface area (Å²) in [6.07, 6.45) is 0.383. The largest absolute Gasteiger partial charge is 0.508 e. The molecule has 19 heavy (non-hydrogen) atoms. The minimum absolute atomic E-state index is 0.0270. The minimum atomic E-state index is -0.103. The highest BCUT2D eigenvalue weighted by atomic mass is 32.1. The van der Waals surface area contributed by atoms with Crippen molar-refractivity contribution in [2.24, 2.45) is 5.73 Å². The molecule has 3 N–H and O–H groups in total. The number of carbonyl (C=O) groups is 1. The molecular formula is C13H13N3O2S. The molecule has 3 rings (SSSR count). The summed E-state index contributed by atoms with van der Waals surface area (Å²) >= 11 is 1.43. The van der Waals surface area contributed by atoms with E-state index in [1.54, 1.807) is 29.2 Å². The summed E-state index contributed by atoms with van der Waals surface area (Å²) < 4.78 is 0. The molecule has 6 heteroatoms. The van der Waals surface area contributed by atoms with Crippen LogP contribution in [0.15, 0.2) is 29.6 Å². The number of hydrogen-bond acceptors (Lipinski definition) is 5. The van der Waals surface area contributed by atoms with Crippen molar-refractivity contribution in [1.29, 1.82) is 0 Å². The molecule has 1 unspecified atom stereocenters. The molecule has 1 aromatic carbocycles. The van der Waals surface area contributed by atoms with E-state index in [0.717, 1.165) is 11.3 Å². The van der Waals surface area contributed by atoms with E-state index in [1.165, 1.54) is 11.3 Å². The third-order valence-corrected chi connectivity index (χ3v) is 3.90. The molecule has 0 spiro atoms. The summed E-state index contributed by atoms with van der Waals surface area (Å²) in [6.45, 7) is 0.529. The van der Waals surface area contributed by atoms with Crippen LogP contribution in [0.3, 0.4) is 0 Å². The summed E-state index contributed by atoms with van der Waals surface area (Å²) in [5, 5.41) is 11.8. The normalized spacial score (nSPS) is 19.1. The SMILES string of the molecule is NC1CC(=O)N(c2nc(-c3ccc(O)cc3)cs2)C1. The number of aromatic nitrogens is 1. The van der Waals surface area contributed by atoms with E-state index in [-0.39, 0.29) is 17.7 Å². The lowest BCUT2D eigenvalue weighted by atomic mass is 10.2. The van der Waals surface area contributed by atoms with E-state index in [0.29, 0.717) is 18.1 Å². The van der Waals surface area contributed by atoms with Gasteiger partial charge in [-0.2, -0.15) is 0 Å². The minimum Gasteiger partial charge on any atom is -0.508 e. The van der Waals surface area contributed by atoms with Crippen molar-refractivity contribution >= 4 is 22.4 Å². The second-order valence-electron chi connectivity index (χ2n) is 4.53. The van der Waals surface area contributed by atoms with Crippen molar-refractivity contribution in [3.05, 3.63) is 29.6 Å². The molecule has 1 aliphatic heterocycles. The number of anilines is 1. The van der Waals surface area contributed by atoms with Crippen LogP contribution in [0.1, 0.15) is 6.42 Å². The van der Waals surface area contributed by atoms with Crippen LogP contribution in [-0.4, -0.2) is 28.6 Å². The van der Waals surface area contributed by atoms with Gasteiger partial charge in [-0.3, -0.25) is 9.69 Å². The van der Waals surface area contributed by atoms with Crippen molar-refractivity contribution in [2.45, 2.75) is 12.5 Å². The van der Waals surface area contributed by atoms with Crippen molar-refractivity contribution in [3.8, 4) is 17.0 Å². The lowest BCUT2D eigenvalue weighted by Crippen LogP contribution is -2.27. The molecule has 1 fully saturated rings. The topological polar surface area (TPSA) is 79.5 Å². The van der Waals surface area contributed by atoms with Gasteiger partial charge in [0.15, 0.2) is 5.13 Å². The first-order valence-electron chi connectivity index (χ1n) is 5.94. The van der Waals surface area contributed by atoms with Crippen LogP contribution >= 0.6 is 11.3 Å². The van der Waals surface area contributed by atoms with E-state index in [1.807, 2.05) is 5.38 Å². The standard InChI is InChI=1S/C13H13N3O2S/c14-9-5-12(18)16(6-9)13-15-11(7-19-13)8-1-3-10(17)4-2-8/h1-4,7,9,17H,5-6,14H2. The smallest absolute Gasteiger partial charge is 0.230 e. The van der Waals surface area contributed by atoms with Crippen LogP contribution < -0.4 is 10.6 Å². The van der Waals surface area contributed by atoms with E-state index in [9.17, 15) is 9.90 Å². The first kappa shape index (κ1) is 12.1.